The van der Waals surface area contributed by atoms with E-state index in [1.54, 1.807) is 11.1 Å². The van der Waals surface area contributed by atoms with Gasteiger partial charge in [-0.1, -0.05) is 24.3 Å². The highest BCUT2D eigenvalue weighted by Crippen LogP contribution is 2.54. The zero-order valence-corrected chi connectivity index (χ0v) is 11.4. The summed E-state index contributed by atoms with van der Waals surface area (Å²) in [6, 6.07) is 9.74. The van der Waals surface area contributed by atoms with Crippen LogP contribution in [-0.2, 0) is 11.8 Å². The van der Waals surface area contributed by atoms with Crippen molar-refractivity contribution in [3.8, 4) is 0 Å². The second kappa shape index (κ2) is 4.32. The van der Waals surface area contributed by atoms with E-state index < -0.39 is 0 Å². The second-order valence-electron chi connectivity index (χ2n) is 6.76. The van der Waals surface area contributed by atoms with E-state index in [0.29, 0.717) is 24.0 Å². The normalized spacial score (nSPS) is 40.4. The van der Waals surface area contributed by atoms with E-state index in [2.05, 4.69) is 29.6 Å². The van der Waals surface area contributed by atoms with Crippen molar-refractivity contribution in [2.45, 2.75) is 43.6 Å². The Balaban J connectivity index is 1.81. The SMILES string of the molecule is OCC1CC[C@]23CCN[C@H](Cc4ccccc42)[C@@H]3C1. The van der Waals surface area contributed by atoms with Gasteiger partial charge in [-0.15, -0.1) is 0 Å². The zero-order chi connectivity index (χ0) is 12.9. The average Bonchev–Trinajstić information content (AvgIpc) is 2.46. The van der Waals surface area contributed by atoms with Gasteiger partial charge in [-0.2, -0.15) is 0 Å². The summed E-state index contributed by atoms with van der Waals surface area (Å²) in [6.45, 7) is 1.54. The molecule has 102 valence electrons. The van der Waals surface area contributed by atoms with Gasteiger partial charge in [-0.3, -0.25) is 0 Å². The molecule has 1 aromatic carbocycles. The quantitative estimate of drug-likeness (QED) is 0.809. The van der Waals surface area contributed by atoms with Crippen LogP contribution in [0, 0.1) is 11.8 Å². The summed E-state index contributed by atoms with van der Waals surface area (Å²) in [7, 11) is 0. The highest BCUT2D eigenvalue weighted by molar-refractivity contribution is 5.41. The first-order valence-electron chi connectivity index (χ1n) is 7.76. The van der Waals surface area contributed by atoms with Crippen molar-refractivity contribution >= 4 is 0 Å². The van der Waals surface area contributed by atoms with Crippen molar-refractivity contribution in [2.75, 3.05) is 13.2 Å². The number of piperidine rings is 1. The van der Waals surface area contributed by atoms with Gasteiger partial charge in [0.25, 0.3) is 0 Å². The molecule has 2 N–H and O–H groups in total. The molecule has 1 aliphatic heterocycles. The minimum atomic E-state index is 0.376. The van der Waals surface area contributed by atoms with Crippen LogP contribution < -0.4 is 5.32 Å². The van der Waals surface area contributed by atoms with Crippen molar-refractivity contribution in [1.29, 1.82) is 0 Å². The summed E-state index contributed by atoms with van der Waals surface area (Å²) in [5, 5.41) is 13.3. The first-order valence-corrected chi connectivity index (χ1v) is 7.76. The van der Waals surface area contributed by atoms with Gasteiger partial charge in [-0.05, 0) is 61.6 Å². The first kappa shape index (κ1) is 11.9. The maximum absolute atomic E-state index is 9.52. The number of hydrogen-bond donors (Lipinski definition) is 2. The summed E-state index contributed by atoms with van der Waals surface area (Å²) in [5.74, 6) is 1.27. The Hall–Kier alpha value is -0.860. The average molecular weight is 257 g/mol. The molecule has 0 aromatic heterocycles. The Morgan fingerprint density at radius 3 is 3.05 bits per heavy atom. The Morgan fingerprint density at radius 1 is 1.26 bits per heavy atom. The summed E-state index contributed by atoms with van der Waals surface area (Å²) in [6.07, 6.45) is 6.15. The van der Waals surface area contributed by atoms with Gasteiger partial charge in [0.2, 0.25) is 0 Å². The van der Waals surface area contributed by atoms with E-state index in [1.165, 1.54) is 38.6 Å². The summed E-state index contributed by atoms with van der Waals surface area (Å²) >= 11 is 0. The van der Waals surface area contributed by atoms with Crippen LogP contribution in [-0.4, -0.2) is 24.3 Å². The van der Waals surface area contributed by atoms with Crippen LogP contribution in [0.1, 0.15) is 36.8 Å². The molecule has 1 unspecified atom stereocenters. The molecule has 1 aromatic rings. The fourth-order valence-corrected chi connectivity index (χ4v) is 5.10. The van der Waals surface area contributed by atoms with Gasteiger partial charge in [0.15, 0.2) is 0 Å². The molecule has 19 heavy (non-hydrogen) atoms. The Bertz CT molecular complexity index is 486. The lowest BCUT2D eigenvalue weighted by atomic mass is 9.51. The van der Waals surface area contributed by atoms with Crippen LogP contribution in [0.15, 0.2) is 24.3 Å². The van der Waals surface area contributed by atoms with Gasteiger partial charge in [-0.25, -0.2) is 0 Å². The monoisotopic (exact) mass is 257 g/mol. The third-order valence-electron chi connectivity index (χ3n) is 6.01. The van der Waals surface area contributed by atoms with Gasteiger partial charge < -0.3 is 10.4 Å². The van der Waals surface area contributed by atoms with Crippen molar-refractivity contribution in [3.63, 3.8) is 0 Å². The summed E-state index contributed by atoms with van der Waals surface area (Å²) in [4.78, 5) is 0. The second-order valence-corrected chi connectivity index (χ2v) is 6.76. The van der Waals surface area contributed by atoms with Crippen LogP contribution in [0.2, 0.25) is 0 Å². The number of aliphatic hydroxyl groups is 1. The van der Waals surface area contributed by atoms with E-state index in [1.807, 2.05) is 0 Å². The smallest absolute Gasteiger partial charge is 0.0459 e. The van der Waals surface area contributed by atoms with Crippen LogP contribution in [0.4, 0.5) is 0 Å². The van der Waals surface area contributed by atoms with E-state index in [0.717, 1.165) is 5.92 Å². The first-order chi connectivity index (χ1) is 9.33. The maximum Gasteiger partial charge on any atom is 0.0459 e. The lowest BCUT2D eigenvalue weighted by Gasteiger charge is -2.57. The minimum absolute atomic E-state index is 0.376. The van der Waals surface area contributed by atoms with Crippen molar-refractivity contribution in [1.82, 2.24) is 5.32 Å². The van der Waals surface area contributed by atoms with Gasteiger partial charge >= 0.3 is 0 Å². The molecule has 3 aliphatic rings. The van der Waals surface area contributed by atoms with Gasteiger partial charge in [0.05, 0.1) is 0 Å². The standard InChI is InChI=1S/C17H23NO/c19-11-12-5-6-17-7-8-18-16(15(17)9-12)10-13-3-1-2-4-14(13)17/h1-4,12,15-16,18-19H,5-11H2/t12?,15-,16+,17-/m0/s1. The summed E-state index contributed by atoms with van der Waals surface area (Å²) in [5.41, 5.74) is 3.61. The lowest BCUT2D eigenvalue weighted by Crippen LogP contribution is -2.60. The number of nitrogens with one attached hydrogen (secondary N) is 1. The van der Waals surface area contributed by atoms with Crippen LogP contribution in [0.25, 0.3) is 0 Å². The molecular formula is C17H23NO. The van der Waals surface area contributed by atoms with Crippen molar-refractivity contribution in [3.05, 3.63) is 35.4 Å². The topological polar surface area (TPSA) is 32.3 Å². The molecule has 1 saturated heterocycles. The third kappa shape index (κ3) is 1.63. The van der Waals surface area contributed by atoms with E-state index in [9.17, 15) is 5.11 Å². The lowest BCUT2D eigenvalue weighted by molar-refractivity contribution is 0.0343. The Morgan fingerprint density at radius 2 is 2.16 bits per heavy atom. The van der Waals surface area contributed by atoms with Crippen LogP contribution in [0.3, 0.4) is 0 Å². The number of fused-ring (bicyclic) bond motifs is 1. The highest BCUT2D eigenvalue weighted by atomic mass is 16.3. The molecular weight excluding hydrogens is 234 g/mol. The molecule has 2 fully saturated rings. The Labute approximate surface area is 115 Å². The molecule has 1 heterocycles. The Kier molecular flexibility index (Phi) is 2.71. The van der Waals surface area contributed by atoms with Crippen molar-refractivity contribution < 1.29 is 5.11 Å². The highest BCUT2D eigenvalue weighted by Gasteiger charge is 2.52. The van der Waals surface area contributed by atoms with Crippen LogP contribution in [0.5, 0.6) is 0 Å². The molecule has 2 aliphatic carbocycles. The summed E-state index contributed by atoms with van der Waals surface area (Å²) < 4.78 is 0. The third-order valence-corrected chi connectivity index (χ3v) is 6.01. The molecule has 0 spiro atoms. The number of aliphatic hydroxyl groups excluding tert-OH is 1. The molecule has 0 radical (unpaired) electrons. The van der Waals surface area contributed by atoms with E-state index in [-0.39, 0.29) is 0 Å². The largest absolute Gasteiger partial charge is 0.396 e. The van der Waals surface area contributed by atoms with Crippen molar-refractivity contribution in [2.24, 2.45) is 11.8 Å². The fourth-order valence-electron chi connectivity index (χ4n) is 5.10. The molecule has 4 rings (SSSR count). The maximum atomic E-state index is 9.52. The molecule has 4 atom stereocenters. The molecule has 1 saturated carbocycles. The van der Waals surface area contributed by atoms with Gasteiger partial charge in [0.1, 0.15) is 0 Å². The van der Waals surface area contributed by atoms with E-state index >= 15 is 0 Å². The zero-order valence-electron chi connectivity index (χ0n) is 11.4. The van der Waals surface area contributed by atoms with Gasteiger partial charge in [0, 0.05) is 18.1 Å². The molecule has 2 bridgehead atoms. The fraction of sp³-hybridized carbons (Fsp3) is 0.647. The predicted octanol–water partition coefficient (Wildman–Crippen LogP) is 2.25. The van der Waals surface area contributed by atoms with Crippen LogP contribution >= 0.6 is 0 Å². The predicted molar refractivity (Wildman–Crippen MR) is 76.1 cm³/mol. The number of hydrogen-bond acceptors (Lipinski definition) is 2. The van der Waals surface area contributed by atoms with E-state index in [4.69, 9.17) is 0 Å². The molecule has 2 heteroatoms. The number of rotatable bonds is 1. The minimum Gasteiger partial charge on any atom is -0.396 e. The molecule has 0 amide bonds. The number of benzene rings is 1. The molecule has 2 nitrogen and oxygen atoms in total.